The maximum Gasteiger partial charge on any atom is 0.225 e. The molecule has 3 aliphatic rings. The number of benzene rings is 1. The monoisotopic (exact) mass is 327 g/mol. The van der Waals surface area contributed by atoms with Crippen LogP contribution in [0, 0.1) is 5.92 Å². The van der Waals surface area contributed by atoms with Crippen LogP contribution in [-0.2, 0) is 4.79 Å². The minimum Gasteiger partial charge on any atom is -0.372 e. The van der Waals surface area contributed by atoms with Crippen molar-refractivity contribution in [2.45, 2.75) is 38.5 Å². The summed E-state index contributed by atoms with van der Waals surface area (Å²) in [7, 11) is 0. The van der Waals surface area contributed by atoms with E-state index in [0.29, 0.717) is 11.8 Å². The molecule has 2 saturated heterocycles. The van der Waals surface area contributed by atoms with Crippen molar-refractivity contribution in [3.63, 3.8) is 0 Å². The largest absolute Gasteiger partial charge is 0.372 e. The van der Waals surface area contributed by atoms with E-state index in [0.717, 1.165) is 39.0 Å². The van der Waals surface area contributed by atoms with Gasteiger partial charge < -0.3 is 14.7 Å². The first-order chi connectivity index (χ1) is 11.8. The summed E-state index contributed by atoms with van der Waals surface area (Å²) in [5.41, 5.74) is 2.66. The molecule has 0 bridgehead atoms. The lowest BCUT2D eigenvalue weighted by Crippen LogP contribution is -2.51. The van der Waals surface area contributed by atoms with E-state index >= 15 is 0 Å². The summed E-state index contributed by atoms with van der Waals surface area (Å²) >= 11 is 0. The number of anilines is 2. The molecule has 2 heterocycles. The van der Waals surface area contributed by atoms with Gasteiger partial charge in [0.15, 0.2) is 0 Å². The molecule has 24 heavy (non-hydrogen) atoms. The topological polar surface area (TPSA) is 26.8 Å². The normalized spacial score (nSPS) is 22.4. The number of piperidine rings is 1. The quantitative estimate of drug-likeness (QED) is 0.853. The molecule has 4 nitrogen and oxygen atoms in total. The van der Waals surface area contributed by atoms with Crippen LogP contribution in [0.3, 0.4) is 0 Å². The van der Waals surface area contributed by atoms with Gasteiger partial charge in [0.25, 0.3) is 0 Å². The Hall–Kier alpha value is -1.71. The van der Waals surface area contributed by atoms with Gasteiger partial charge in [0.05, 0.1) is 0 Å². The van der Waals surface area contributed by atoms with Crippen LogP contribution in [0.1, 0.15) is 38.5 Å². The molecule has 0 radical (unpaired) electrons. The Balaban J connectivity index is 1.32. The Morgan fingerprint density at radius 2 is 1.25 bits per heavy atom. The van der Waals surface area contributed by atoms with Crippen LogP contribution >= 0.6 is 0 Å². The standard InChI is InChI=1S/C20H29N3O/c24-20(17-5-4-6-17)23-15-13-22(14-16-23)19-9-7-18(8-10-19)21-11-2-1-3-12-21/h7-10,17H,1-6,11-16H2. The van der Waals surface area contributed by atoms with Crippen LogP contribution in [0.2, 0.25) is 0 Å². The van der Waals surface area contributed by atoms with Gasteiger partial charge in [0, 0.05) is 56.6 Å². The number of piperazine rings is 1. The van der Waals surface area contributed by atoms with Crippen molar-refractivity contribution >= 4 is 17.3 Å². The maximum absolute atomic E-state index is 12.3. The second-order valence-corrected chi connectivity index (χ2v) is 7.50. The van der Waals surface area contributed by atoms with Crippen LogP contribution < -0.4 is 9.80 Å². The van der Waals surface area contributed by atoms with Crippen LogP contribution in [0.15, 0.2) is 24.3 Å². The molecule has 1 aliphatic carbocycles. The summed E-state index contributed by atoms with van der Waals surface area (Å²) in [6.45, 7) is 6.07. The second kappa shape index (κ2) is 7.04. The van der Waals surface area contributed by atoms with E-state index < -0.39 is 0 Å². The molecule has 4 rings (SSSR count). The van der Waals surface area contributed by atoms with E-state index in [1.807, 2.05) is 0 Å². The molecule has 1 amide bonds. The van der Waals surface area contributed by atoms with Crippen molar-refractivity contribution in [2.24, 2.45) is 5.92 Å². The minimum absolute atomic E-state index is 0.334. The molecular weight excluding hydrogens is 298 g/mol. The zero-order valence-corrected chi connectivity index (χ0v) is 14.6. The summed E-state index contributed by atoms with van der Waals surface area (Å²) in [5.74, 6) is 0.738. The van der Waals surface area contributed by atoms with Crippen LogP contribution in [0.5, 0.6) is 0 Å². The minimum atomic E-state index is 0.334. The molecule has 1 aromatic carbocycles. The average Bonchev–Trinajstić information content (AvgIpc) is 2.61. The van der Waals surface area contributed by atoms with Gasteiger partial charge in [-0.3, -0.25) is 4.79 Å². The Morgan fingerprint density at radius 3 is 1.75 bits per heavy atom. The number of hydrogen-bond acceptors (Lipinski definition) is 3. The third-order valence-electron chi connectivity index (χ3n) is 5.98. The summed E-state index contributed by atoms with van der Waals surface area (Å²) < 4.78 is 0. The number of amides is 1. The fraction of sp³-hybridized carbons (Fsp3) is 0.650. The molecule has 1 aromatic rings. The van der Waals surface area contributed by atoms with Gasteiger partial charge in [0.2, 0.25) is 5.91 Å². The van der Waals surface area contributed by atoms with Gasteiger partial charge in [-0.2, -0.15) is 0 Å². The first kappa shape index (κ1) is 15.8. The van der Waals surface area contributed by atoms with Crippen molar-refractivity contribution in [3.05, 3.63) is 24.3 Å². The highest BCUT2D eigenvalue weighted by Crippen LogP contribution is 2.29. The van der Waals surface area contributed by atoms with Crippen LogP contribution in [0.25, 0.3) is 0 Å². The summed E-state index contributed by atoms with van der Waals surface area (Å²) in [4.78, 5) is 19.4. The van der Waals surface area contributed by atoms with E-state index in [1.165, 1.54) is 50.1 Å². The van der Waals surface area contributed by atoms with E-state index in [9.17, 15) is 4.79 Å². The molecule has 4 heteroatoms. The van der Waals surface area contributed by atoms with Gasteiger partial charge in [0.1, 0.15) is 0 Å². The second-order valence-electron chi connectivity index (χ2n) is 7.50. The highest BCUT2D eigenvalue weighted by atomic mass is 16.2. The van der Waals surface area contributed by atoms with E-state index in [2.05, 4.69) is 39.0 Å². The Kier molecular flexibility index (Phi) is 4.63. The smallest absolute Gasteiger partial charge is 0.225 e. The molecule has 3 fully saturated rings. The fourth-order valence-corrected chi connectivity index (χ4v) is 4.12. The molecule has 0 N–H and O–H groups in total. The predicted octanol–water partition coefficient (Wildman–Crippen LogP) is 3.13. The molecule has 0 unspecified atom stereocenters. The third-order valence-corrected chi connectivity index (χ3v) is 5.98. The van der Waals surface area contributed by atoms with Gasteiger partial charge in [-0.15, -0.1) is 0 Å². The number of hydrogen-bond donors (Lipinski definition) is 0. The average molecular weight is 327 g/mol. The third kappa shape index (κ3) is 3.24. The summed E-state index contributed by atoms with van der Waals surface area (Å²) in [6.07, 6.45) is 7.46. The molecule has 0 atom stereocenters. The number of carbonyl (C=O) groups is 1. The first-order valence-electron chi connectivity index (χ1n) is 9.70. The SMILES string of the molecule is O=C(C1CCC1)N1CCN(c2ccc(N3CCCCC3)cc2)CC1. The lowest BCUT2D eigenvalue weighted by Gasteiger charge is -2.39. The van der Waals surface area contributed by atoms with Crippen molar-refractivity contribution < 1.29 is 4.79 Å². The van der Waals surface area contributed by atoms with Crippen molar-refractivity contribution in [2.75, 3.05) is 49.1 Å². The molecule has 130 valence electrons. The van der Waals surface area contributed by atoms with E-state index in [4.69, 9.17) is 0 Å². The van der Waals surface area contributed by atoms with E-state index in [1.54, 1.807) is 0 Å². The summed E-state index contributed by atoms with van der Waals surface area (Å²) in [5, 5.41) is 0. The molecule has 1 saturated carbocycles. The first-order valence-corrected chi connectivity index (χ1v) is 9.70. The highest BCUT2D eigenvalue weighted by Gasteiger charge is 2.31. The highest BCUT2D eigenvalue weighted by molar-refractivity contribution is 5.80. The number of carbonyl (C=O) groups excluding carboxylic acids is 1. The maximum atomic E-state index is 12.3. The zero-order valence-electron chi connectivity index (χ0n) is 14.6. The predicted molar refractivity (Wildman–Crippen MR) is 98.6 cm³/mol. The molecule has 0 aromatic heterocycles. The van der Waals surface area contributed by atoms with Gasteiger partial charge in [-0.25, -0.2) is 0 Å². The molecular formula is C20H29N3O. The molecule has 0 spiro atoms. The van der Waals surface area contributed by atoms with Gasteiger partial charge in [-0.1, -0.05) is 6.42 Å². The molecule has 2 aliphatic heterocycles. The number of rotatable bonds is 3. The number of nitrogens with zero attached hydrogens (tertiary/aromatic N) is 3. The Morgan fingerprint density at radius 1 is 0.708 bits per heavy atom. The van der Waals surface area contributed by atoms with Crippen molar-refractivity contribution in [3.8, 4) is 0 Å². The van der Waals surface area contributed by atoms with Gasteiger partial charge >= 0.3 is 0 Å². The van der Waals surface area contributed by atoms with Crippen molar-refractivity contribution in [1.29, 1.82) is 0 Å². The van der Waals surface area contributed by atoms with Crippen LogP contribution in [-0.4, -0.2) is 50.1 Å². The zero-order chi connectivity index (χ0) is 16.4. The summed E-state index contributed by atoms with van der Waals surface area (Å²) in [6, 6.07) is 9.06. The fourth-order valence-electron chi connectivity index (χ4n) is 4.12. The Bertz CT molecular complexity index is 553. The Labute approximate surface area is 145 Å². The lowest BCUT2D eigenvalue weighted by molar-refractivity contribution is -0.138. The lowest BCUT2D eigenvalue weighted by atomic mass is 9.84. The van der Waals surface area contributed by atoms with Crippen molar-refractivity contribution in [1.82, 2.24) is 4.90 Å². The van der Waals surface area contributed by atoms with Gasteiger partial charge in [-0.05, 0) is 56.4 Å². The van der Waals surface area contributed by atoms with E-state index in [-0.39, 0.29) is 0 Å². The van der Waals surface area contributed by atoms with Crippen LogP contribution in [0.4, 0.5) is 11.4 Å².